The zero-order valence-corrected chi connectivity index (χ0v) is 5.41. The van der Waals surface area contributed by atoms with Crippen LogP contribution in [0.15, 0.2) is 0 Å². The van der Waals surface area contributed by atoms with Gasteiger partial charge in [-0.1, -0.05) is 6.92 Å². The molecule has 0 saturated heterocycles. The van der Waals surface area contributed by atoms with E-state index in [0.29, 0.717) is 0 Å². The fraction of sp³-hybridized carbons (Fsp3) is 1.00. The van der Waals surface area contributed by atoms with Crippen molar-refractivity contribution < 1.29 is 0 Å². The lowest BCUT2D eigenvalue weighted by Crippen LogP contribution is -2.17. The molecular weight excluding hydrogens is 98.1 g/mol. The Balaban J connectivity index is 1.80. The number of nitrogens with one attached hydrogen (secondary N) is 1. The summed E-state index contributed by atoms with van der Waals surface area (Å²) in [6, 6.07) is 0.924. The van der Waals surface area contributed by atoms with Gasteiger partial charge >= 0.3 is 0 Å². The quantitative estimate of drug-likeness (QED) is 0.563. The summed E-state index contributed by atoms with van der Waals surface area (Å²) in [7, 11) is 0. The minimum absolute atomic E-state index is 0.857. The van der Waals surface area contributed by atoms with Gasteiger partial charge in [-0.15, -0.1) is 0 Å². The van der Waals surface area contributed by atoms with Gasteiger partial charge < -0.3 is 5.32 Å². The van der Waals surface area contributed by atoms with Crippen LogP contribution >= 0.6 is 0 Å². The Hall–Kier alpha value is -0.0400. The molecule has 0 heterocycles. The summed E-state index contributed by atoms with van der Waals surface area (Å²) in [5, 5.41) is 3.47. The van der Waals surface area contributed by atoms with E-state index in [2.05, 4.69) is 12.2 Å². The molecule has 2 aliphatic carbocycles. The second-order valence-corrected chi connectivity index (χ2v) is 3.18. The molecule has 2 aliphatic rings. The summed E-state index contributed by atoms with van der Waals surface area (Å²) >= 11 is 0. The molecule has 1 unspecified atom stereocenters. The monoisotopic (exact) mass is 111 g/mol. The van der Waals surface area contributed by atoms with E-state index in [1.807, 2.05) is 0 Å². The Morgan fingerprint density at radius 2 is 2.38 bits per heavy atom. The Morgan fingerprint density at radius 3 is 2.75 bits per heavy atom. The fourth-order valence-electron chi connectivity index (χ4n) is 1.60. The highest BCUT2D eigenvalue weighted by molar-refractivity contribution is 5.16. The topological polar surface area (TPSA) is 12.0 Å². The van der Waals surface area contributed by atoms with Gasteiger partial charge in [0, 0.05) is 6.04 Å². The van der Waals surface area contributed by atoms with Crippen molar-refractivity contribution in [1.82, 2.24) is 5.32 Å². The molecule has 0 aromatic carbocycles. The van der Waals surface area contributed by atoms with Crippen LogP contribution in [-0.2, 0) is 0 Å². The summed E-state index contributed by atoms with van der Waals surface area (Å²) in [4.78, 5) is 0. The molecule has 8 heavy (non-hydrogen) atoms. The molecule has 46 valence electrons. The van der Waals surface area contributed by atoms with Gasteiger partial charge in [-0.05, 0) is 31.2 Å². The van der Waals surface area contributed by atoms with E-state index in [0.717, 1.165) is 18.0 Å². The van der Waals surface area contributed by atoms with Crippen molar-refractivity contribution in [3.05, 3.63) is 0 Å². The maximum Gasteiger partial charge on any atom is 0.0130 e. The van der Waals surface area contributed by atoms with E-state index >= 15 is 0 Å². The van der Waals surface area contributed by atoms with Gasteiger partial charge in [-0.2, -0.15) is 0 Å². The average Bonchev–Trinajstić information content (AvgIpc) is 2.57. The number of hydrogen-bond acceptors (Lipinski definition) is 1. The van der Waals surface area contributed by atoms with Gasteiger partial charge in [-0.3, -0.25) is 0 Å². The summed E-state index contributed by atoms with van der Waals surface area (Å²) in [6.07, 6.45) is 4.48. The van der Waals surface area contributed by atoms with Gasteiger partial charge in [0.1, 0.15) is 0 Å². The molecule has 1 N–H and O–H groups in total. The molecule has 1 heteroatoms. The molecule has 0 radical (unpaired) electrons. The number of rotatable bonds is 2. The van der Waals surface area contributed by atoms with Crippen molar-refractivity contribution in [3.8, 4) is 0 Å². The highest BCUT2D eigenvalue weighted by Gasteiger charge is 2.62. The van der Waals surface area contributed by atoms with E-state index < -0.39 is 0 Å². The third-order valence-electron chi connectivity index (χ3n) is 2.53. The number of hydrogen-bond donors (Lipinski definition) is 1. The van der Waals surface area contributed by atoms with Crippen molar-refractivity contribution in [2.45, 2.75) is 32.2 Å². The van der Waals surface area contributed by atoms with Crippen molar-refractivity contribution in [3.63, 3.8) is 0 Å². The van der Waals surface area contributed by atoms with Gasteiger partial charge in [0.15, 0.2) is 0 Å². The highest BCUT2D eigenvalue weighted by atomic mass is 15.0. The summed E-state index contributed by atoms with van der Waals surface area (Å²) < 4.78 is 0. The molecule has 0 aromatic rings. The molecular formula is C7H13N. The summed E-state index contributed by atoms with van der Waals surface area (Å²) in [5.74, 6) is 0. The van der Waals surface area contributed by atoms with Crippen molar-refractivity contribution >= 4 is 0 Å². The van der Waals surface area contributed by atoms with Gasteiger partial charge in [0.25, 0.3) is 0 Å². The SMILES string of the molecule is CCNC1CC12CC2. The molecule has 1 spiro atoms. The zero-order chi connectivity index (χ0) is 5.61. The second kappa shape index (κ2) is 1.27. The molecule has 2 saturated carbocycles. The highest BCUT2D eigenvalue weighted by Crippen LogP contribution is 2.65. The van der Waals surface area contributed by atoms with Gasteiger partial charge in [0.2, 0.25) is 0 Å². The minimum atomic E-state index is 0.857. The molecule has 0 aliphatic heterocycles. The average molecular weight is 111 g/mol. The van der Waals surface area contributed by atoms with E-state index in [1.54, 1.807) is 0 Å². The largest absolute Gasteiger partial charge is 0.314 e. The summed E-state index contributed by atoms with van der Waals surface area (Å²) in [6.45, 7) is 3.35. The predicted molar refractivity (Wildman–Crippen MR) is 33.7 cm³/mol. The van der Waals surface area contributed by atoms with Crippen LogP contribution in [0.4, 0.5) is 0 Å². The predicted octanol–water partition coefficient (Wildman–Crippen LogP) is 1.15. The van der Waals surface area contributed by atoms with Crippen LogP contribution in [0.5, 0.6) is 0 Å². The van der Waals surface area contributed by atoms with Crippen LogP contribution in [0.1, 0.15) is 26.2 Å². The van der Waals surface area contributed by atoms with E-state index in [4.69, 9.17) is 0 Å². The molecule has 0 bridgehead atoms. The lowest BCUT2D eigenvalue weighted by molar-refractivity contribution is 0.656. The van der Waals surface area contributed by atoms with Crippen LogP contribution in [0.25, 0.3) is 0 Å². The first kappa shape index (κ1) is 4.80. The summed E-state index contributed by atoms with van der Waals surface area (Å²) in [5.41, 5.74) is 0.857. The van der Waals surface area contributed by atoms with Crippen LogP contribution < -0.4 is 5.32 Å². The lowest BCUT2D eigenvalue weighted by atomic mass is 10.4. The van der Waals surface area contributed by atoms with Crippen LogP contribution in [-0.4, -0.2) is 12.6 Å². The van der Waals surface area contributed by atoms with Gasteiger partial charge in [-0.25, -0.2) is 0 Å². The minimum Gasteiger partial charge on any atom is -0.314 e. The van der Waals surface area contributed by atoms with Crippen LogP contribution in [0.3, 0.4) is 0 Å². The van der Waals surface area contributed by atoms with Crippen molar-refractivity contribution in [1.29, 1.82) is 0 Å². The molecule has 1 nitrogen and oxygen atoms in total. The third kappa shape index (κ3) is 0.510. The lowest BCUT2D eigenvalue weighted by Gasteiger charge is -1.93. The van der Waals surface area contributed by atoms with Crippen molar-refractivity contribution in [2.75, 3.05) is 6.54 Å². The fourth-order valence-corrected chi connectivity index (χ4v) is 1.60. The maximum absolute atomic E-state index is 3.47. The first-order chi connectivity index (χ1) is 3.87. The third-order valence-corrected chi connectivity index (χ3v) is 2.53. The second-order valence-electron chi connectivity index (χ2n) is 3.18. The van der Waals surface area contributed by atoms with Crippen LogP contribution in [0, 0.1) is 5.41 Å². The molecule has 0 aromatic heterocycles. The Morgan fingerprint density at radius 1 is 1.62 bits per heavy atom. The zero-order valence-electron chi connectivity index (χ0n) is 5.41. The van der Waals surface area contributed by atoms with E-state index in [9.17, 15) is 0 Å². The first-order valence-electron chi connectivity index (χ1n) is 3.61. The molecule has 2 rings (SSSR count). The van der Waals surface area contributed by atoms with E-state index in [-0.39, 0.29) is 0 Å². The Kier molecular flexibility index (Phi) is 0.762. The maximum atomic E-state index is 3.47. The normalized spacial score (nSPS) is 37.9. The molecule has 2 fully saturated rings. The van der Waals surface area contributed by atoms with E-state index in [1.165, 1.54) is 19.3 Å². The molecule has 0 amide bonds. The standard InChI is InChI=1S/C7H13N/c1-2-8-6-5-7(6)3-4-7/h6,8H,2-5H2,1H3. The Bertz CT molecular complexity index is 105. The first-order valence-corrected chi connectivity index (χ1v) is 3.61. The van der Waals surface area contributed by atoms with Gasteiger partial charge in [0.05, 0.1) is 0 Å². The van der Waals surface area contributed by atoms with Crippen LogP contribution in [0.2, 0.25) is 0 Å². The molecule has 1 atom stereocenters. The Labute approximate surface area is 50.5 Å². The smallest absolute Gasteiger partial charge is 0.0130 e. The van der Waals surface area contributed by atoms with Crippen molar-refractivity contribution in [2.24, 2.45) is 5.41 Å².